The summed E-state index contributed by atoms with van der Waals surface area (Å²) in [6.07, 6.45) is 4.11. The lowest BCUT2D eigenvalue weighted by Crippen LogP contribution is -2.29. The van der Waals surface area contributed by atoms with E-state index in [9.17, 15) is 14.4 Å². The molecule has 152 valence electrons. The van der Waals surface area contributed by atoms with E-state index in [1.165, 1.54) is 19.3 Å². The number of hydrogen-bond acceptors (Lipinski definition) is 7. The van der Waals surface area contributed by atoms with Crippen LogP contribution >= 0.6 is 11.6 Å². The molecule has 0 atom stereocenters. The summed E-state index contributed by atoms with van der Waals surface area (Å²) in [5, 5.41) is 2.93. The number of fused-ring (bicyclic) bond motifs is 1. The second kappa shape index (κ2) is 11.2. The smallest absolute Gasteiger partial charge is 0.331 e. The topological polar surface area (TPSA) is 100 Å². The molecule has 0 aliphatic carbocycles. The third-order valence-electron chi connectivity index (χ3n) is 3.69. The molecule has 0 radical (unpaired) electrons. The second-order valence-electron chi connectivity index (χ2n) is 5.85. The highest BCUT2D eigenvalue weighted by molar-refractivity contribution is 6.32. The first-order valence-electron chi connectivity index (χ1n) is 8.77. The molecule has 0 saturated heterocycles. The van der Waals surface area contributed by atoms with Crippen molar-refractivity contribution in [1.29, 1.82) is 0 Å². The Morgan fingerprint density at radius 1 is 1.25 bits per heavy atom. The summed E-state index contributed by atoms with van der Waals surface area (Å²) in [6, 6.07) is 3.36. The number of esters is 2. The third kappa shape index (κ3) is 7.11. The minimum Gasteiger partial charge on any atom is -0.489 e. The molecule has 2 rings (SSSR count). The summed E-state index contributed by atoms with van der Waals surface area (Å²) in [5.74, 6) is -0.467. The third-order valence-corrected chi connectivity index (χ3v) is 3.97. The molecule has 0 aromatic heterocycles. The van der Waals surface area contributed by atoms with Crippen LogP contribution in [0.4, 0.5) is 0 Å². The van der Waals surface area contributed by atoms with Gasteiger partial charge in [-0.05, 0) is 30.2 Å². The van der Waals surface area contributed by atoms with E-state index in [1.54, 1.807) is 12.1 Å². The quantitative estimate of drug-likeness (QED) is 0.397. The van der Waals surface area contributed by atoms with Crippen LogP contribution in [0.25, 0.3) is 6.08 Å². The zero-order valence-electron chi connectivity index (χ0n) is 15.5. The molecule has 28 heavy (non-hydrogen) atoms. The van der Waals surface area contributed by atoms with Gasteiger partial charge in [-0.25, -0.2) is 4.79 Å². The largest absolute Gasteiger partial charge is 0.489 e. The Kier molecular flexibility index (Phi) is 8.61. The Hall–Kier alpha value is -2.74. The highest BCUT2D eigenvalue weighted by Gasteiger charge is 2.15. The molecular formula is C19H22ClNO7. The second-order valence-corrected chi connectivity index (χ2v) is 6.26. The Balaban J connectivity index is 1.77. The summed E-state index contributed by atoms with van der Waals surface area (Å²) in [5.41, 5.74) is 0.637. The van der Waals surface area contributed by atoms with E-state index in [2.05, 4.69) is 10.1 Å². The normalized spacial score (nSPS) is 12.9. The monoisotopic (exact) mass is 411 g/mol. The van der Waals surface area contributed by atoms with Crippen LogP contribution in [0, 0.1) is 0 Å². The summed E-state index contributed by atoms with van der Waals surface area (Å²) in [7, 11) is 1.30. The van der Waals surface area contributed by atoms with Gasteiger partial charge in [-0.15, -0.1) is 0 Å². The van der Waals surface area contributed by atoms with Crippen LogP contribution in [0.2, 0.25) is 5.02 Å². The van der Waals surface area contributed by atoms with Crippen molar-refractivity contribution < 1.29 is 33.3 Å². The maximum absolute atomic E-state index is 11.8. The highest BCUT2D eigenvalue weighted by atomic mass is 35.5. The van der Waals surface area contributed by atoms with Gasteiger partial charge in [0.25, 0.3) is 5.91 Å². The van der Waals surface area contributed by atoms with Crippen molar-refractivity contribution in [3.8, 4) is 11.5 Å². The molecule has 0 saturated carbocycles. The summed E-state index contributed by atoms with van der Waals surface area (Å²) in [4.78, 5) is 34.3. The van der Waals surface area contributed by atoms with Crippen LogP contribution in [0.1, 0.15) is 24.8 Å². The molecule has 1 aromatic rings. The van der Waals surface area contributed by atoms with Gasteiger partial charge in [0, 0.05) is 25.5 Å². The van der Waals surface area contributed by atoms with Crippen molar-refractivity contribution in [2.24, 2.45) is 0 Å². The zero-order valence-corrected chi connectivity index (χ0v) is 16.3. The molecule has 0 unspecified atom stereocenters. The molecule has 9 heteroatoms. The number of nitrogens with one attached hydrogen (secondary N) is 1. The van der Waals surface area contributed by atoms with Crippen LogP contribution < -0.4 is 14.8 Å². The van der Waals surface area contributed by atoms with Crippen LogP contribution in [0.15, 0.2) is 18.2 Å². The molecule has 1 aromatic carbocycles. The van der Waals surface area contributed by atoms with Gasteiger partial charge in [0.05, 0.1) is 25.3 Å². The van der Waals surface area contributed by atoms with Crippen LogP contribution in [0.3, 0.4) is 0 Å². The van der Waals surface area contributed by atoms with Gasteiger partial charge in [0.1, 0.15) is 0 Å². The van der Waals surface area contributed by atoms with Gasteiger partial charge in [0.2, 0.25) is 0 Å². The fraction of sp³-hybridized carbons (Fsp3) is 0.421. The van der Waals surface area contributed by atoms with Gasteiger partial charge in [0.15, 0.2) is 18.1 Å². The van der Waals surface area contributed by atoms with Crippen LogP contribution in [-0.2, 0) is 23.9 Å². The lowest BCUT2D eigenvalue weighted by atomic mass is 10.2. The first-order chi connectivity index (χ1) is 13.5. The summed E-state index contributed by atoms with van der Waals surface area (Å²) < 4.78 is 20.5. The Morgan fingerprint density at radius 3 is 2.82 bits per heavy atom. The molecule has 0 spiro atoms. The van der Waals surface area contributed by atoms with E-state index in [-0.39, 0.29) is 18.9 Å². The lowest BCUT2D eigenvalue weighted by molar-refractivity contribution is -0.143. The molecule has 1 heterocycles. The maximum Gasteiger partial charge on any atom is 0.331 e. The molecule has 1 N–H and O–H groups in total. The van der Waals surface area contributed by atoms with Crippen molar-refractivity contribution in [3.63, 3.8) is 0 Å². The van der Waals surface area contributed by atoms with Gasteiger partial charge in [-0.1, -0.05) is 11.6 Å². The van der Waals surface area contributed by atoms with Gasteiger partial charge in [-0.3, -0.25) is 9.59 Å². The van der Waals surface area contributed by atoms with E-state index in [1.807, 2.05) is 0 Å². The minimum atomic E-state index is -0.673. The van der Waals surface area contributed by atoms with Crippen LogP contribution in [0.5, 0.6) is 11.5 Å². The van der Waals surface area contributed by atoms with Gasteiger partial charge in [-0.2, -0.15) is 0 Å². The lowest BCUT2D eigenvalue weighted by Gasteiger charge is -2.10. The maximum atomic E-state index is 11.8. The van der Waals surface area contributed by atoms with Crippen molar-refractivity contribution in [2.45, 2.75) is 19.3 Å². The van der Waals surface area contributed by atoms with Crippen LogP contribution in [-0.4, -0.2) is 51.3 Å². The molecule has 0 bridgehead atoms. The predicted molar refractivity (Wildman–Crippen MR) is 101 cm³/mol. The molecule has 8 nitrogen and oxygen atoms in total. The number of hydrogen-bond donors (Lipinski definition) is 1. The van der Waals surface area contributed by atoms with Crippen molar-refractivity contribution in [1.82, 2.24) is 5.32 Å². The number of amides is 1. The number of carbonyl (C=O) groups excluding carboxylic acids is 3. The van der Waals surface area contributed by atoms with E-state index < -0.39 is 18.5 Å². The first kappa shape index (κ1) is 21.6. The Morgan fingerprint density at radius 2 is 2.04 bits per heavy atom. The van der Waals surface area contributed by atoms with E-state index in [0.717, 1.165) is 6.42 Å². The van der Waals surface area contributed by atoms with E-state index in [0.29, 0.717) is 41.7 Å². The minimum absolute atomic E-state index is 0.206. The van der Waals surface area contributed by atoms with E-state index >= 15 is 0 Å². The number of ether oxygens (including phenoxy) is 4. The van der Waals surface area contributed by atoms with Gasteiger partial charge < -0.3 is 24.3 Å². The van der Waals surface area contributed by atoms with Gasteiger partial charge >= 0.3 is 11.9 Å². The average molecular weight is 412 g/mol. The average Bonchev–Trinajstić information content (AvgIpc) is 2.93. The fourth-order valence-corrected chi connectivity index (χ4v) is 2.58. The predicted octanol–water partition coefficient (Wildman–Crippen LogP) is 2.13. The van der Waals surface area contributed by atoms with Crippen molar-refractivity contribution in [2.75, 3.05) is 33.5 Å². The molecule has 1 amide bonds. The standard InChI is InChI=1S/C19H22ClNO7/c1-25-17(23)4-2-7-21-16(22)12-28-18(24)6-5-13-10-14(20)19-15(11-13)26-8-3-9-27-19/h5-6,10-11H,2-4,7-9,12H2,1H3,(H,21,22)/b6-5+. The number of benzene rings is 1. The number of halogens is 1. The number of carbonyl (C=O) groups is 3. The molecule has 0 fully saturated rings. The number of methoxy groups -OCH3 is 1. The summed E-state index contributed by atoms with van der Waals surface area (Å²) in [6.45, 7) is 0.923. The van der Waals surface area contributed by atoms with E-state index in [4.69, 9.17) is 25.8 Å². The Bertz CT molecular complexity index is 748. The first-order valence-corrected chi connectivity index (χ1v) is 9.15. The van der Waals surface area contributed by atoms with Crippen molar-refractivity contribution in [3.05, 3.63) is 28.8 Å². The Labute approximate surface area is 167 Å². The molecular weight excluding hydrogens is 390 g/mol. The SMILES string of the molecule is COC(=O)CCCNC(=O)COC(=O)/C=C/c1cc(Cl)c2c(c1)OCCCO2. The van der Waals surface area contributed by atoms with Crippen molar-refractivity contribution >= 4 is 35.5 Å². The molecule has 1 aliphatic rings. The number of rotatable bonds is 8. The summed E-state index contributed by atoms with van der Waals surface area (Å²) >= 11 is 6.19. The molecule has 1 aliphatic heterocycles. The highest BCUT2D eigenvalue weighted by Crippen LogP contribution is 2.38. The fourth-order valence-electron chi connectivity index (χ4n) is 2.31. The zero-order chi connectivity index (χ0) is 20.4.